The summed E-state index contributed by atoms with van der Waals surface area (Å²) in [5, 5.41) is 13.2. The van der Waals surface area contributed by atoms with Crippen LogP contribution >= 0.6 is 0 Å². The van der Waals surface area contributed by atoms with Gasteiger partial charge in [-0.2, -0.15) is 5.10 Å². The van der Waals surface area contributed by atoms with E-state index in [0.29, 0.717) is 0 Å². The minimum absolute atomic E-state index is 0.248. The normalized spacial score (nSPS) is 15.0. The van der Waals surface area contributed by atoms with Crippen LogP contribution in [0.25, 0.3) is 44.3 Å². The second-order valence-electron chi connectivity index (χ2n) is 7.96. The number of H-pyrrole nitrogens is 2. The first-order chi connectivity index (χ1) is 15.3. The molecule has 0 atom stereocenters. The molecule has 31 heavy (non-hydrogen) atoms. The number of aromatic amines is 2. The predicted octanol–water partition coefficient (Wildman–Crippen LogP) is 4.30. The Hall–Kier alpha value is -3.71. The summed E-state index contributed by atoms with van der Waals surface area (Å²) in [5.74, 6) is 0.819. The quantitative estimate of drug-likeness (QED) is 0.411. The Morgan fingerprint density at radius 2 is 1.81 bits per heavy atom. The third-order valence-electron chi connectivity index (χ3n) is 5.87. The molecule has 1 aromatic carbocycles. The lowest BCUT2D eigenvalue weighted by atomic mass is 10.0. The number of nitrogens with zero attached hydrogens (tertiary/aromatic N) is 3. The molecular formula is C24H22N6O. The second-order valence-corrected chi connectivity index (χ2v) is 7.96. The zero-order chi connectivity index (χ0) is 20.6. The smallest absolute Gasteiger partial charge is 0.138 e. The van der Waals surface area contributed by atoms with Crippen LogP contribution in [0.4, 0.5) is 0 Å². The maximum absolute atomic E-state index is 6.18. The van der Waals surface area contributed by atoms with Crippen molar-refractivity contribution < 1.29 is 4.74 Å². The molecule has 7 heteroatoms. The second kappa shape index (κ2) is 7.52. The molecular weight excluding hydrogens is 388 g/mol. The Balaban J connectivity index is 1.36. The van der Waals surface area contributed by atoms with E-state index in [1.807, 2.05) is 18.5 Å². The van der Waals surface area contributed by atoms with Gasteiger partial charge in [0, 0.05) is 40.4 Å². The lowest BCUT2D eigenvalue weighted by molar-refractivity contribution is 0.162. The number of benzene rings is 1. The SMILES string of the molecule is c1cc2[nH]c(-c3n[nH]c4ccc(-c5cncc(OC6CCNCC6)c5)cc34)cc2cn1. The molecule has 1 aliphatic heterocycles. The van der Waals surface area contributed by atoms with Gasteiger partial charge in [-0.15, -0.1) is 0 Å². The van der Waals surface area contributed by atoms with Gasteiger partial charge < -0.3 is 15.0 Å². The molecule has 1 saturated heterocycles. The van der Waals surface area contributed by atoms with Gasteiger partial charge >= 0.3 is 0 Å². The summed E-state index contributed by atoms with van der Waals surface area (Å²) in [4.78, 5) is 12.1. The van der Waals surface area contributed by atoms with Crippen LogP contribution in [-0.4, -0.2) is 44.3 Å². The first-order valence-electron chi connectivity index (χ1n) is 10.6. The molecule has 0 bridgehead atoms. The van der Waals surface area contributed by atoms with Crippen LogP contribution in [0.3, 0.4) is 0 Å². The van der Waals surface area contributed by atoms with Gasteiger partial charge in [-0.25, -0.2) is 0 Å². The standard InChI is InChI=1S/C24H22N6O/c1-2-22-20(24(30-29-22)23-11-17-13-26-8-5-21(17)28-23)10-15(1)16-9-19(14-27-12-16)31-18-3-6-25-7-4-18/h1-2,5,8-14,18,25,28H,3-4,6-7H2,(H,29,30). The van der Waals surface area contributed by atoms with E-state index in [1.165, 1.54) is 0 Å². The Morgan fingerprint density at radius 3 is 2.71 bits per heavy atom. The molecule has 1 fully saturated rings. The molecule has 3 N–H and O–H groups in total. The molecule has 0 amide bonds. The van der Waals surface area contributed by atoms with Crippen LogP contribution < -0.4 is 10.1 Å². The number of hydrogen-bond donors (Lipinski definition) is 3. The molecule has 0 spiro atoms. The van der Waals surface area contributed by atoms with E-state index in [4.69, 9.17) is 4.74 Å². The molecule has 154 valence electrons. The molecule has 6 rings (SSSR count). The predicted molar refractivity (Wildman–Crippen MR) is 121 cm³/mol. The first-order valence-corrected chi connectivity index (χ1v) is 10.6. The first kappa shape index (κ1) is 18.1. The molecule has 1 aliphatic rings. The maximum atomic E-state index is 6.18. The molecule has 0 saturated carbocycles. The summed E-state index contributed by atoms with van der Waals surface area (Å²) >= 11 is 0. The average Bonchev–Trinajstić information content (AvgIpc) is 3.43. The summed E-state index contributed by atoms with van der Waals surface area (Å²) in [6, 6.07) is 12.4. The highest BCUT2D eigenvalue weighted by Crippen LogP contribution is 2.32. The van der Waals surface area contributed by atoms with Crippen molar-refractivity contribution in [2.75, 3.05) is 13.1 Å². The third kappa shape index (κ3) is 3.43. The van der Waals surface area contributed by atoms with E-state index in [9.17, 15) is 0 Å². The molecule has 0 radical (unpaired) electrons. The molecule has 5 heterocycles. The zero-order valence-corrected chi connectivity index (χ0v) is 16.9. The van der Waals surface area contributed by atoms with Gasteiger partial charge in [-0.3, -0.25) is 15.1 Å². The minimum Gasteiger partial charge on any atom is -0.489 e. The Kier molecular flexibility index (Phi) is 4.39. The summed E-state index contributed by atoms with van der Waals surface area (Å²) in [5.41, 5.74) is 6.00. The van der Waals surface area contributed by atoms with Crippen molar-refractivity contribution in [2.24, 2.45) is 0 Å². The van der Waals surface area contributed by atoms with E-state index < -0.39 is 0 Å². The fraction of sp³-hybridized carbons (Fsp3) is 0.208. The Bertz CT molecular complexity index is 1330. The van der Waals surface area contributed by atoms with Crippen molar-refractivity contribution in [2.45, 2.75) is 18.9 Å². The number of aromatic nitrogens is 5. The zero-order valence-electron chi connectivity index (χ0n) is 16.9. The van der Waals surface area contributed by atoms with Crippen molar-refractivity contribution in [1.82, 2.24) is 30.5 Å². The van der Waals surface area contributed by atoms with Gasteiger partial charge in [0.15, 0.2) is 0 Å². The van der Waals surface area contributed by atoms with Crippen LogP contribution in [0.1, 0.15) is 12.8 Å². The highest BCUT2D eigenvalue weighted by molar-refractivity contribution is 5.97. The molecule has 0 unspecified atom stereocenters. The van der Waals surface area contributed by atoms with E-state index in [-0.39, 0.29) is 6.10 Å². The van der Waals surface area contributed by atoms with Crippen molar-refractivity contribution >= 4 is 21.8 Å². The highest BCUT2D eigenvalue weighted by atomic mass is 16.5. The van der Waals surface area contributed by atoms with Crippen LogP contribution in [0.2, 0.25) is 0 Å². The van der Waals surface area contributed by atoms with Gasteiger partial charge in [0.25, 0.3) is 0 Å². The van der Waals surface area contributed by atoms with E-state index >= 15 is 0 Å². The minimum atomic E-state index is 0.248. The van der Waals surface area contributed by atoms with Crippen LogP contribution in [0.15, 0.2) is 61.2 Å². The van der Waals surface area contributed by atoms with Crippen LogP contribution in [-0.2, 0) is 0 Å². The Labute approximate surface area is 178 Å². The number of rotatable bonds is 4. The summed E-state index contributed by atoms with van der Waals surface area (Å²) in [6.07, 6.45) is 9.61. The van der Waals surface area contributed by atoms with Gasteiger partial charge in [0.05, 0.1) is 17.4 Å². The van der Waals surface area contributed by atoms with Crippen LogP contribution in [0, 0.1) is 0 Å². The number of nitrogens with one attached hydrogen (secondary N) is 3. The van der Waals surface area contributed by atoms with Crippen molar-refractivity contribution in [3.05, 3.63) is 61.2 Å². The summed E-state index contributed by atoms with van der Waals surface area (Å²) < 4.78 is 6.18. The van der Waals surface area contributed by atoms with E-state index in [1.54, 1.807) is 12.4 Å². The maximum Gasteiger partial charge on any atom is 0.138 e. The monoisotopic (exact) mass is 410 g/mol. The number of pyridine rings is 2. The molecule has 7 nitrogen and oxygen atoms in total. The summed E-state index contributed by atoms with van der Waals surface area (Å²) in [7, 11) is 0. The molecule has 5 aromatic rings. The lowest BCUT2D eigenvalue weighted by Crippen LogP contribution is -2.34. The van der Waals surface area contributed by atoms with Gasteiger partial charge in [0.1, 0.15) is 17.5 Å². The van der Waals surface area contributed by atoms with Gasteiger partial charge in [-0.1, -0.05) is 6.07 Å². The Morgan fingerprint density at radius 1 is 0.871 bits per heavy atom. The topological polar surface area (TPSA) is 91.5 Å². The lowest BCUT2D eigenvalue weighted by Gasteiger charge is -2.23. The number of fused-ring (bicyclic) bond motifs is 2. The highest BCUT2D eigenvalue weighted by Gasteiger charge is 2.16. The van der Waals surface area contributed by atoms with E-state index in [0.717, 1.165) is 76.0 Å². The van der Waals surface area contributed by atoms with Gasteiger partial charge in [-0.05, 0) is 61.8 Å². The largest absolute Gasteiger partial charge is 0.489 e. The fourth-order valence-corrected chi connectivity index (χ4v) is 4.25. The van der Waals surface area contributed by atoms with Gasteiger partial charge in [0.2, 0.25) is 0 Å². The van der Waals surface area contributed by atoms with E-state index in [2.05, 4.69) is 60.8 Å². The number of ether oxygens (including phenoxy) is 1. The third-order valence-corrected chi connectivity index (χ3v) is 5.87. The molecule has 4 aromatic heterocycles. The average molecular weight is 410 g/mol. The fourth-order valence-electron chi connectivity index (χ4n) is 4.25. The van der Waals surface area contributed by atoms with Crippen molar-refractivity contribution in [3.8, 4) is 28.3 Å². The molecule has 0 aliphatic carbocycles. The van der Waals surface area contributed by atoms with Crippen LogP contribution in [0.5, 0.6) is 5.75 Å². The number of piperidine rings is 1. The summed E-state index contributed by atoms with van der Waals surface area (Å²) in [6.45, 7) is 2.00. The number of hydrogen-bond acceptors (Lipinski definition) is 5. The van der Waals surface area contributed by atoms with Crippen molar-refractivity contribution in [1.29, 1.82) is 0 Å². The van der Waals surface area contributed by atoms with Crippen molar-refractivity contribution in [3.63, 3.8) is 0 Å².